The zero-order chi connectivity index (χ0) is 50.8. The van der Waals surface area contributed by atoms with Crippen molar-refractivity contribution in [3.63, 3.8) is 0 Å². The van der Waals surface area contributed by atoms with Crippen LogP contribution in [0.1, 0.15) is 155 Å². The van der Waals surface area contributed by atoms with Gasteiger partial charge in [-0.15, -0.1) is 0 Å². The lowest BCUT2D eigenvalue weighted by Crippen LogP contribution is -2.64. The average molecular weight is 991 g/mol. The zero-order valence-electron chi connectivity index (χ0n) is 41.4. The molecular formula is C54H87O14P. The molecule has 4 unspecified atom stereocenters. The summed E-state index contributed by atoms with van der Waals surface area (Å²) in [5, 5.41) is 60.7. The molecule has 0 aromatic carbocycles. The molecule has 0 spiro atoms. The fourth-order valence-electron chi connectivity index (χ4n) is 6.87. The van der Waals surface area contributed by atoms with E-state index in [0.29, 0.717) is 12.8 Å². The number of aliphatic hydroxyl groups is 6. The van der Waals surface area contributed by atoms with Crippen LogP contribution < -0.4 is 0 Å². The van der Waals surface area contributed by atoms with Crippen LogP contribution >= 0.6 is 7.82 Å². The van der Waals surface area contributed by atoms with Crippen molar-refractivity contribution in [3.8, 4) is 0 Å². The maximum atomic E-state index is 12.9. The summed E-state index contributed by atoms with van der Waals surface area (Å²) in [6, 6.07) is 0. The van der Waals surface area contributed by atoms with Crippen LogP contribution in [-0.4, -0.2) is 110 Å². The molecule has 0 aromatic rings. The highest BCUT2D eigenvalue weighted by Gasteiger charge is 2.51. The Morgan fingerprint density at radius 2 is 1.00 bits per heavy atom. The summed E-state index contributed by atoms with van der Waals surface area (Å²) in [6.45, 7) is 2.95. The number of unbranched alkanes of at least 4 members (excludes halogenated alkanes) is 10. The third-order valence-corrected chi connectivity index (χ3v) is 12.0. The van der Waals surface area contributed by atoms with Gasteiger partial charge in [0.2, 0.25) is 0 Å². The smallest absolute Gasteiger partial charge is 0.462 e. The van der Waals surface area contributed by atoms with Gasteiger partial charge in [-0.3, -0.25) is 18.6 Å². The molecule has 69 heavy (non-hydrogen) atoms. The van der Waals surface area contributed by atoms with E-state index in [1.54, 1.807) is 12.2 Å². The third-order valence-electron chi connectivity index (χ3n) is 11.0. The van der Waals surface area contributed by atoms with Gasteiger partial charge in [-0.05, 0) is 83.5 Å². The molecule has 15 heteroatoms. The van der Waals surface area contributed by atoms with E-state index in [1.807, 2.05) is 12.2 Å². The summed E-state index contributed by atoms with van der Waals surface area (Å²) in [5.41, 5.74) is 0. The van der Waals surface area contributed by atoms with Gasteiger partial charge in [0.1, 0.15) is 43.2 Å². The third kappa shape index (κ3) is 34.4. The van der Waals surface area contributed by atoms with Crippen molar-refractivity contribution in [3.05, 3.63) is 109 Å². The van der Waals surface area contributed by atoms with Crippen LogP contribution in [0, 0.1) is 0 Å². The van der Waals surface area contributed by atoms with Gasteiger partial charge in [-0.1, -0.05) is 168 Å². The van der Waals surface area contributed by atoms with Crippen molar-refractivity contribution in [2.24, 2.45) is 0 Å². The summed E-state index contributed by atoms with van der Waals surface area (Å²) in [7, 11) is -5.20. The highest BCUT2D eigenvalue weighted by atomic mass is 31.2. The van der Waals surface area contributed by atoms with E-state index in [1.165, 1.54) is 31.8 Å². The number of ether oxygens (including phenoxy) is 2. The summed E-state index contributed by atoms with van der Waals surface area (Å²) < 4.78 is 33.4. The zero-order valence-corrected chi connectivity index (χ0v) is 42.3. The quantitative estimate of drug-likeness (QED) is 0.00997. The minimum atomic E-state index is -5.20. The molecule has 392 valence electrons. The van der Waals surface area contributed by atoms with Crippen molar-refractivity contribution in [1.29, 1.82) is 0 Å². The van der Waals surface area contributed by atoms with Gasteiger partial charge in [-0.25, -0.2) is 4.57 Å². The number of carbonyl (C=O) groups is 2. The van der Waals surface area contributed by atoms with E-state index in [4.69, 9.17) is 18.5 Å². The molecule has 0 bridgehead atoms. The number of phosphoric ester groups is 1. The van der Waals surface area contributed by atoms with E-state index in [2.05, 4.69) is 92.8 Å². The van der Waals surface area contributed by atoms with Crippen LogP contribution in [0.2, 0.25) is 0 Å². The minimum absolute atomic E-state index is 0.0190. The van der Waals surface area contributed by atoms with Crippen LogP contribution in [0.25, 0.3) is 0 Å². The summed E-state index contributed by atoms with van der Waals surface area (Å²) in [5.74, 6) is -1.41. The van der Waals surface area contributed by atoms with E-state index in [-0.39, 0.29) is 19.3 Å². The van der Waals surface area contributed by atoms with Gasteiger partial charge >= 0.3 is 19.8 Å². The molecule has 14 nitrogen and oxygen atoms in total. The summed E-state index contributed by atoms with van der Waals surface area (Å²) in [6.07, 6.45) is 41.6. The number of esters is 2. The Morgan fingerprint density at radius 3 is 1.54 bits per heavy atom. The predicted molar refractivity (Wildman–Crippen MR) is 273 cm³/mol. The molecule has 1 rings (SSSR count). The lowest BCUT2D eigenvalue weighted by molar-refractivity contribution is -0.220. The first-order valence-electron chi connectivity index (χ1n) is 25.3. The lowest BCUT2D eigenvalue weighted by Gasteiger charge is -2.41. The number of hydrogen-bond donors (Lipinski definition) is 7. The largest absolute Gasteiger partial charge is 0.472 e. The highest BCUT2D eigenvalue weighted by Crippen LogP contribution is 2.47. The van der Waals surface area contributed by atoms with E-state index < -0.39 is 81.8 Å². The molecule has 1 aliphatic carbocycles. The number of allylic oxidation sites excluding steroid dienone is 17. The summed E-state index contributed by atoms with van der Waals surface area (Å²) >= 11 is 0. The molecule has 0 amide bonds. The SMILES string of the molecule is CC/C=C\C/C=C\C/C=C\C/C=C\C/C=C\C=C/C(O)CCC(=O)O[C@H](COC(=O)CCCCCCCC/C=C\C/C=C\C/C=C\CCCCCC)COP(=O)(O)OC1[C@H](O)[C@H](O)C(O)[C@H](O)[C@H]1O. The molecule has 1 fully saturated rings. The Balaban J connectivity index is 2.54. The fraction of sp³-hybridized carbons (Fsp3) is 0.630. The Morgan fingerprint density at radius 1 is 0.536 bits per heavy atom. The van der Waals surface area contributed by atoms with Crippen LogP contribution in [0.15, 0.2) is 109 Å². The lowest BCUT2D eigenvalue weighted by atomic mass is 9.85. The molecule has 0 aromatic heterocycles. The molecule has 0 saturated heterocycles. The van der Waals surface area contributed by atoms with Crippen molar-refractivity contribution >= 4 is 19.8 Å². The van der Waals surface area contributed by atoms with Gasteiger partial charge in [0.05, 0.1) is 12.7 Å². The first-order valence-corrected chi connectivity index (χ1v) is 26.8. The second-order valence-corrected chi connectivity index (χ2v) is 18.5. The number of rotatable bonds is 40. The first kappa shape index (κ1) is 63.5. The van der Waals surface area contributed by atoms with Crippen molar-refractivity contribution < 1.29 is 68.2 Å². The van der Waals surface area contributed by atoms with Crippen LogP contribution in [0.4, 0.5) is 0 Å². The predicted octanol–water partition coefficient (Wildman–Crippen LogP) is 9.75. The van der Waals surface area contributed by atoms with Crippen molar-refractivity contribution in [2.75, 3.05) is 13.2 Å². The molecule has 0 aliphatic heterocycles. The van der Waals surface area contributed by atoms with Crippen LogP contribution in [-0.2, 0) is 32.7 Å². The van der Waals surface area contributed by atoms with Gasteiger partial charge in [0.15, 0.2) is 6.10 Å². The van der Waals surface area contributed by atoms with Crippen LogP contribution in [0.3, 0.4) is 0 Å². The Hall–Kier alpha value is -3.53. The Bertz CT molecular complexity index is 1630. The molecule has 9 atom stereocenters. The highest BCUT2D eigenvalue weighted by molar-refractivity contribution is 7.47. The second kappa shape index (κ2) is 42.2. The van der Waals surface area contributed by atoms with Gasteiger partial charge < -0.3 is 45.0 Å². The first-order chi connectivity index (χ1) is 33.3. The summed E-state index contributed by atoms with van der Waals surface area (Å²) in [4.78, 5) is 35.8. The fourth-order valence-corrected chi connectivity index (χ4v) is 7.85. The standard InChI is InChI=1S/C54H87O14P/c1-3-5-7-9-11-13-15-17-19-21-22-23-24-26-28-30-32-34-36-38-40-47(56)65-43-46(44-66-69(63,64)68-54-52(61)50(59)49(58)51(60)53(54)62)67-48(57)42-41-45(55)39-37-35-33-31-29-27-25-20-18-16-14-12-10-8-6-4-2/h6,8,12-15,18-21,23-24,27,29,33,35,37,39,45-46,49-55,58-62H,3-5,7,9-11,16-17,22,25-26,28,30-32,34,36,38,40-44H2,1-2H3,(H,63,64)/b8-6-,14-12-,15-13-,20-18-,21-19-,24-23-,29-27-,35-33-,39-37-/t45?,46-,49?,50-,51+,52-,53-,54?/m1/s1. The molecular weight excluding hydrogens is 904 g/mol. The Labute approximate surface area is 413 Å². The number of hydrogen-bond acceptors (Lipinski definition) is 13. The van der Waals surface area contributed by atoms with E-state index >= 15 is 0 Å². The second-order valence-electron chi connectivity index (χ2n) is 17.1. The Kier molecular flexibility index (Phi) is 38.8. The number of aliphatic hydroxyl groups excluding tert-OH is 6. The number of carbonyl (C=O) groups excluding carboxylic acids is 2. The maximum Gasteiger partial charge on any atom is 0.472 e. The molecule has 7 N–H and O–H groups in total. The average Bonchev–Trinajstić information content (AvgIpc) is 3.33. The maximum absolute atomic E-state index is 12.9. The van der Waals surface area contributed by atoms with E-state index in [0.717, 1.165) is 83.5 Å². The molecule has 0 heterocycles. The van der Waals surface area contributed by atoms with Gasteiger partial charge in [0, 0.05) is 12.8 Å². The van der Waals surface area contributed by atoms with Crippen LogP contribution in [0.5, 0.6) is 0 Å². The molecule has 0 radical (unpaired) electrons. The minimum Gasteiger partial charge on any atom is -0.462 e. The van der Waals surface area contributed by atoms with Crippen molar-refractivity contribution in [1.82, 2.24) is 0 Å². The normalized spacial score (nSPS) is 22.3. The number of phosphoric acid groups is 1. The molecule has 1 aliphatic rings. The van der Waals surface area contributed by atoms with Gasteiger partial charge in [0.25, 0.3) is 0 Å². The molecule has 1 saturated carbocycles. The monoisotopic (exact) mass is 991 g/mol. The topological polar surface area (TPSA) is 230 Å². The van der Waals surface area contributed by atoms with Gasteiger partial charge in [-0.2, -0.15) is 0 Å². The van der Waals surface area contributed by atoms with Crippen molar-refractivity contribution in [2.45, 2.75) is 204 Å². The van der Waals surface area contributed by atoms with E-state index in [9.17, 15) is 49.7 Å².